The van der Waals surface area contributed by atoms with E-state index in [-0.39, 0.29) is 5.69 Å². The fraction of sp³-hybridized carbons (Fsp3) is 0.200. The standard InChI is InChI=1S/C25H20BrN3O6/c1-14-6-9-16(10-7-14)27-24(30)21-22(15-8-11-20(34-2)19(26)12-15)28(35-23(21)25(27)31)17-4-3-5-18(13-17)29(32)33/h3-13,21-23H,1-2H3/t21-,22+,23-/m0/s1. The number of methoxy groups -OCH3 is 1. The molecule has 2 saturated heterocycles. The first-order valence-corrected chi connectivity index (χ1v) is 11.6. The van der Waals surface area contributed by atoms with Crippen molar-refractivity contribution in [3.05, 3.63) is 92.4 Å². The second kappa shape index (κ2) is 8.79. The maximum absolute atomic E-state index is 13.7. The number of ether oxygens (including phenoxy) is 1. The first-order chi connectivity index (χ1) is 16.8. The summed E-state index contributed by atoms with van der Waals surface area (Å²) in [6.45, 7) is 1.92. The number of fused-ring (bicyclic) bond motifs is 1. The lowest BCUT2D eigenvalue weighted by molar-refractivity contribution is -0.384. The smallest absolute Gasteiger partial charge is 0.271 e. The zero-order chi connectivity index (χ0) is 24.9. The van der Waals surface area contributed by atoms with Gasteiger partial charge in [0.15, 0.2) is 6.10 Å². The number of halogens is 1. The van der Waals surface area contributed by atoms with Crippen LogP contribution >= 0.6 is 15.9 Å². The molecule has 0 saturated carbocycles. The molecule has 178 valence electrons. The van der Waals surface area contributed by atoms with Crippen molar-refractivity contribution in [1.82, 2.24) is 0 Å². The quantitative estimate of drug-likeness (QED) is 0.263. The lowest BCUT2D eigenvalue weighted by atomic mass is 9.90. The average molecular weight is 538 g/mol. The van der Waals surface area contributed by atoms with Gasteiger partial charge in [0.1, 0.15) is 11.7 Å². The Balaban J connectivity index is 1.61. The summed E-state index contributed by atoms with van der Waals surface area (Å²) in [5.41, 5.74) is 2.40. The van der Waals surface area contributed by atoms with E-state index in [4.69, 9.17) is 9.57 Å². The van der Waals surface area contributed by atoms with E-state index in [0.717, 1.165) is 10.5 Å². The van der Waals surface area contributed by atoms with Gasteiger partial charge >= 0.3 is 0 Å². The third-order valence-electron chi connectivity index (χ3n) is 6.22. The molecule has 3 aromatic rings. The Morgan fingerprint density at radius 2 is 1.74 bits per heavy atom. The van der Waals surface area contributed by atoms with Crippen molar-refractivity contribution in [2.45, 2.75) is 19.1 Å². The van der Waals surface area contributed by atoms with Crippen LogP contribution in [-0.2, 0) is 14.4 Å². The Bertz CT molecular complexity index is 1350. The van der Waals surface area contributed by atoms with Gasteiger partial charge in [-0.3, -0.25) is 24.5 Å². The van der Waals surface area contributed by atoms with Crippen molar-refractivity contribution in [1.29, 1.82) is 0 Å². The second-order valence-electron chi connectivity index (χ2n) is 8.34. The van der Waals surface area contributed by atoms with Crippen molar-refractivity contribution in [3.63, 3.8) is 0 Å². The van der Waals surface area contributed by atoms with E-state index in [2.05, 4.69) is 15.9 Å². The first-order valence-electron chi connectivity index (χ1n) is 10.8. The highest BCUT2D eigenvalue weighted by Gasteiger charge is 2.60. The van der Waals surface area contributed by atoms with E-state index in [9.17, 15) is 19.7 Å². The molecule has 3 aromatic carbocycles. The molecule has 0 unspecified atom stereocenters. The van der Waals surface area contributed by atoms with E-state index >= 15 is 0 Å². The topological polar surface area (TPSA) is 102 Å². The summed E-state index contributed by atoms with van der Waals surface area (Å²) in [7, 11) is 1.54. The molecule has 0 aliphatic carbocycles. The number of anilines is 2. The maximum Gasteiger partial charge on any atom is 0.271 e. The van der Waals surface area contributed by atoms with Crippen molar-refractivity contribution >= 4 is 44.8 Å². The number of carbonyl (C=O) groups is 2. The Hall–Kier alpha value is -3.76. The van der Waals surface area contributed by atoms with Gasteiger partial charge in [-0.15, -0.1) is 0 Å². The minimum Gasteiger partial charge on any atom is -0.496 e. The SMILES string of the molecule is COc1ccc([C@@H]2[C@@H]3C(=O)N(c4ccc(C)cc4)C(=O)[C@H]3ON2c2cccc([N+](=O)[O-])c2)cc1Br. The molecule has 10 heteroatoms. The van der Waals surface area contributed by atoms with E-state index < -0.39 is 34.8 Å². The molecule has 9 nitrogen and oxygen atoms in total. The second-order valence-corrected chi connectivity index (χ2v) is 9.20. The van der Waals surface area contributed by atoms with Crippen LogP contribution in [0.25, 0.3) is 0 Å². The number of carbonyl (C=O) groups excluding carboxylic acids is 2. The number of imide groups is 1. The number of non-ortho nitro benzene ring substituents is 1. The average Bonchev–Trinajstić information content (AvgIpc) is 3.36. The Labute approximate surface area is 209 Å². The number of hydrogen-bond donors (Lipinski definition) is 0. The van der Waals surface area contributed by atoms with Gasteiger partial charge in [-0.2, -0.15) is 0 Å². The number of aryl methyl sites for hydroxylation is 1. The summed E-state index contributed by atoms with van der Waals surface area (Å²) in [4.78, 5) is 45.2. The van der Waals surface area contributed by atoms with Gasteiger partial charge < -0.3 is 4.74 Å². The monoisotopic (exact) mass is 537 g/mol. The molecule has 0 radical (unpaired) electrons. The summed E-state index contributed by atoms with van der Waals surface area (Å²) >= 11 is 3.48. The molecular formula is C25H20BrN3O6. The number of benzene rings is 3. The zero-order valence-electron chi connectivity index (χ0n) is 18.8. The van der Waals surface area contributed by atoms with Crippen LogP contribution in [0, 0.1) is 23.0 Å². The summed E-state index contributed by atoms with van der Waals surface area (Å²) in [6.07, 6.45) is -1.08. The zero-order valence-corrected chi connectivity index (χ0v) is 20.3. The molecule has 0 aromatic heterocycles. The molecule has 2 heterocycles. The molecule has 35 heavy (non-hydrogen) atoms. The third kappa shape index (κ3) is 3.84. The Kier molecular flexibility index (Phi) is 5.78. The minimum atomic E-state index is -1.08. The fourth-order valence-electron chi connectivity index (χ4n) is 4.54. The third-order valence-corrected chi connectivity index (χ3v) is 6.84. The highest BCUT2D eigenvalue weighted by Crippen LogP contribution is 2.48. The molecule has 3 atom stereocenters. The van der Waals surface area contributed by atoms with Gasteiger partial charge in [0.05, 0.1) is 33.9 Å². The predicted octanol–water partition coefficient (Wildman–Crippen LogP) is 4.73. The molecule has 2 aliphatic heterocycles. The van der Waals surface area contributed by atoms with Crippen LogP contribution in [0.5, 0.6) is 5.75 Å². The van der Waals surface area contributed by atoms with E-state index in [1.54, 1.807) is 43.5 Å². The van der Waals surface area contributed by atoms with Crippen LogP contribution in [0.4, 0.5) is 17.1 Å². The number of hydrogen-bond acceptors (Lipinski definition) is 7. The highest BCUT2D eigenvalue weighted by molar-refractivity contribution is 9.10. The number of nitro groups is 1. The predicted molar refractivity (Wildman–Crippen MR) is 131 cm³/mol. The van der Waals surface area contributed by atoms with Crippen molar-refractivity contribution in [3.8, 4) is 5.75 Å². The molecule has 5 rings (SSSR count). The van der Waals surface area contributed by atoms with Crippen LogP contribution in [0.1, 0.15) is 17.2 Å². The number of amides is 2. The maximum atomic E-state index is 13.7. The minimum absolute atomic E-state index is 0.128. The van der Waals surface area contributed by atoms with Crippen LogP contribution < -0.4 is 14.7 Å². The normalized spacial score (nSPS) is 21.4. The molecule has 2 fully saturated rings. The van der Waals surface area contributed by atoms with E-state index in [1.807, 2.05) is 19.1 Å². The molecule has 2 aliphatic rings. The van der Waals surface area contributed by atoms with Gasteiger partial charge in [-0.25, -0.2) is 9.96 Å². The molecular weight excluding hydrogens is 518 g/mol. The summed E-state index contributed by atoms with van der Waals surface area (Å²) in [5, 5.41) is 12.8. The van der Waals surface area contributed by atoms with Crippen molar-refractivity contribution < 1.29 is 24.1 Å². The number of rotatable bonds is 5. The Morgan fingerprint density at radius 1 is 1.00 bits per heavy atom. The molecule has 2 amide bonds. The number of nitro benzene ring substituents is 1. The van der Waals surface area contributed by atoms with Gasteiger partial charge in [-0.1, -0.05) is 29.8 Å². The molecule has 0 N–H and O–H groups in total. The van der Waals surface area contributed by atoms with Gasteiger partial charge in [0, 0.05) is 12.1 Å². The van der Waals surface area contributed by atoms with Crippen LogP contribution in [0.15, 0.2) is 71.2 Å². The fourth-order valence-corrected chi connectivity index (χ4v) is 5.09. The van der Waals surface area contributed by atoms with Gasteiger partial charge in [-0.05, 0) is 58.7 Å². The van der Waals surface area contributed by atoms with Crippen molar-refractivity contribution in [2.75, 3.05) is 17.1 Å². The molecule has 0 spiro atoms. The highest BCUT2D eigenvalue weighted by atomic mass is 79.9. The van der Waals surface area contributed by atoms with E-state index in [1.165, 1.54) is 23.3 Å². The van der Waals surface area contributed by atoms with Crippen molar-refractivity contribution in [2.24, 2.45) is 5.92 Å². The number of hydroxylamine groups is 1. The largest absolute Gasteiger partial charge is 0.496 e. The van der Waals surface area contributed by atoms with Crippen LogP contribution in [-0.4, -0.2) is 30.0 Å². The summed E-state index contributed by atoms with van der Waals surface area (Å²) in [5.74, 6) is -1.13. The number of nitrogens with zero attached hydrogens (tertiary/aromatic N) is 3. The van der Waals surface area contributed by atoms with Gasteiger partial charge in [0.25, 0.3) is 11.6 Å². The lowest BCUT2D eigenvalue weighted by Crippen LogP contribution is -2.37. The Morgan fingerprint density at radius 3 is 2.40 bits per heavy atom. The molecule has 0 bridgehead atoms. The van der Waals surface area contributed by atoms with E-state index in [0.29, 0.717) is 27.2 Å². The van der Waals surface area contributed by atoms with Gasteiger partial charge in [0.2, 0.25) is 5.91 Å². The van der Waals surface area contributed by atoms with Crippen LogP contribution in [0.2, 0.25) is 0 Å². The summed E-state index contributed by atoms with van der Waals surface area (Å²) in [6, 6.07) is 17.6. The first kappa shape index (κ1) is 23.0. The van der Waals surface area contributed by atoms with Crippen LogP contribution in [0.3, 0.4) is 0 Å². The summed E-state index contributed by atoms with van der Waals surface area (Å²) < 4.78 is 5.99. The lowest BCUT2D eigenvalue weighted by Gasteiger charge is -2.29.